The van der Waals surface area contributed by atoms with Gasteiger partial charge in [-0.15, -0.1) is 0 Å². The Morgan fingerprint density at radius 3 is 2.40 bits per heavy atom. The molecule has 1 aliphatic rings. The van der Waals surface area contributed by atoms with Gasteiger partial charge in [0, 0.05) is 31.7 Å². The van der Waals surface area contributed by atoms with Crippen LogP contribution in [0, 0.1) is 5.92 Å². The fourth-order valence-corrected chi connectivity index (χ4v) is 2.94. The lowest BCUT2D eigenvalue weighted by molar-refractivity contribution is -0.134. The number of benzene rings is 1. The maximum absolute atomic E-state index is 9.55. The zero-order chi connectivity index (χ0) is 18.8. The first-order valence-electron chi connectivity index (χ1n) is 7.63. The Morgan fingerprint density at radius 2 is 1.88 bits per heavy atom. The fraction of sp³-hybridized carbons (Fsp3) is 0.412. The van der Waals surface area contributed by atoms with E-state index >= 15 is 0 Å². The summed E-state index contributed by atoms with van der Waals surface area (Å²) in [5, 5.41) is 20.3. The Hall–Kier alpha value is -1.60. The Kier molecular flexibility index (Phi) is 9.52. The van der Waals surface area contributed by atoms with Gasteiger partial charge in [-0.05, 0) is 36.6 Å². The third kappa shape index (κ3) is 7.88. The molecule has 0 spiro atoms. The highest BCUT2D eigenvalue weighted by atomic mass is 35.5. The molecule has 25 heavy (non-hydrogen) atoms. The van der Waals surface area contributed by atoms with Crippen molar-refractivity contribution in [1.29, 1.82) is 0 Å². The van der Waals surface area contributed by atoms with Crippen molar-refractivity contribution in [3.05, 3.63) is 46.0 Å². The van der Waals surface area contributed by atoms with Crippen LogP contribution < -0.4 is 5.32 Å². The summed E-state index contributed by atoms with van der Waals surface area (Å²) in [6, 6.07) is 5.94. The molecule has 1 heterocycles. The van der Waals surface area contributed by atoms with Crippen LogP contribution >= 0.6 is 23.2 Å². The van der Waals surface area contributed by atoms with E-state index in [4.69, 9.17) is 38.2 Å². The molecule has 0 amide bonds. The second kappa shape index (κ2) is 11.1. The summed E-state index contributed by atoms with van der Waals surface area (Å²) in [7, 11) is 1.75. The molecule has 138 valence electrons. The lowest BCUT2D eigenvalue weighted by Gasteiger charge is -2.32. The van der Waals surface area contributed by atoms with Crippen LogP contribution in [-0.2, 0) is 14.3 Å². The summed E-state index contributed by atoms with van der Waals surface area (Å²) in [6.45, 7) is 2.82. The van der Waals surface area contributed by atoms with Crippen LogP contribution in [0.3, 0.4) is 0 Å². The Labute approximate surface area is 156 Å². The topological polar surface area (TPSA) is 95.9 Å². The first kappa shape index (κ1) is 21.4. The molecule has 1 fully saturated rings. The van der Waals surface area contributed by atoms with E-state index in [1.165, 1.54) is 5.56 Å². The van der Waals surface area contributed by atoms with Crippen molar-refractivity contribution in [2.75, 3.05) is 26.8 Å². The molecule has 1 saturated heterocycles. The lowest BCUT2D eigenvalue weighted by atomic mass is 9.81. The van der Waals surface area contributed by atoms with Crippen LogP contribution in [-0.4, -0.2) is 49.0 Å². The van der Waals surface area contributed by atoms with Gasteiger partial charge in [0.25, 0.3) is 0 Å². The smallest absolute Gasteiger partial charge is 0.328 e. The van der Waals surface area contributed by atoms with Crippen LogP contribution in [0.4, 0.5) is 0 Å². The molecular formula is C17H21Cl2NO5. The highest BCUT2D eigenvalue weighted by Gasteiger charge is 2.26. The molecule has 1 aliphatic heterocycles. The third-order valence-corrected chi connectivity index (χ3v) is 4.47. The van der Waals surface area contributed by atoms with Crippen molar-refractivity contribution in [2.24, 2.45) is 5.92 Å². The largest absolute Gasteiger partial charge is 0.478 e. The van der Waals surface area contributed by atoms with E-state index in [-0.39, 0.29) is 0 Å². The minimum Gasteiger partial charge on any atom is -0.478 e. The van der Waals surface area contributed by atoms with Crippen LogP contribution in [0.2, 0.25) is 10.0 Å². The summed E-state index contributed by atoms with van der Waals surface area (Å²) in [5.74, 6) is -1.50. The lowest BCUT2D eigenvalue weighted by Crippen LogP contribution is -2.37. The third-order valence-electron chi connectivity index (χ3n) is 3.73. The Bertz CT molecular complexity index is 603. The van der Waals surface area contributed by atoms with E-state index < -0.39 is 11.9 Å². The summed E-state index contributed by atoms with van der Waals surface area (Å²) in [4.78, 5) is 19.1. The van der Waals surface area contributed by atoms with Gasteiger partial charge < -0.3 is 20.3 Å². The van der Waals surface area contributed by atoms with Gasteiger partial charge in [0.05, 0.1) is 16.7 Å². The molecule has 0 aliphatic carbocycles. The fourth-order valence-electron chi connectivity index (χ4n) is 2.64. The number of ether oxygens (including phenoxy) is 1. The number of carboxylic acid groups (broad SMARTS) is 2. The van der Waals surface area contributed by atoms with Gasteiger partial charge in [-0.25, -0.2) is 9.59 Å². The van der Waals surface area contributed by atoms with Crippen molar-refractivity contribution < 1.29 is 24.5 Å². The zero-order valence-electron chi connectivity index (χ0n) is 13.7. The van der Waals surface area contributed by atoms with Gasteiger partial charge in [0.1, 0.15) is 0 Å². The number of nitrogens with one attached hydrogen (secondary N) is 1. The monoisotopic (exact) mass is 389 g/mol. The molecule has 6 nitrogen and oxygen atoms in total. The van der Waals surface area contributed by atoms with Crippen LogP contribution in [0.5, 0.6) is 0 Å². The summed E-state index contributed by atoms with van der Waals surface area (Å²) >= 11 is 12.0. The number of rotatable bonds is 5. The number of halogens is 2. The normalized spacial score (nSPS) is 20.0. The van der Waals surface area contributed by atoms with Gasteiger partial charge in [-0.2, -0.15) is 0 Å². The van der Waals surface area contributed by atoms with Crippen LogP contribution in [0.1, 0.15) is 17.9 Å². The predicted molar refractivity (Wildman–Crippen MR) is 96.5 cm³/mol. The maximum atomic E-state index is 9.55. The zero-order valence-corrected chi connectivity index (χ0v) is 15.3. The molecular weight excluding hydrogens is 369 g/mol. The molecule has 0 unspecified atom stereocenters. The number of methoxy groups -OCH3 is 1. The number of carbonyl (C=O) groups is 2. The molecule has 0 aromatic heterocycles. The molecule has 1 aromatic carbocycles. The highest BCUT2D eigenvalue weighted by Crippen LogP contribution is 2.34. The average molecular weight is 390 g/mol. The quantitative estimate of drug-likeness (QED) is 0.669. The van der Waals surface area contributed by atoms with E-state index in [1.54, 1.807) is 7.11 Å². The second-order valence-electron chi connectivity index (χ2n) is 5.50. The van der Waals surface area contributed by atoms with Crippen molar-refractivity contribution in [2.45, 2.75) is 12.3 Å². The molecule has 0 saturated carbocycles. The minimum absolute atomic E-state index is 0.506. The number of aliphatic carboxylic acids is 2. The molecule has 1 aromatic rings. The standard InChI is InChI=1S/C13H17Cl2NO.C4H4O4/c1-17-8-10-7-16-5-4-11(10)9-2-3-12(14)13(15)6-9;5-3(6)1-2-4(7)8/h2-3,6,10-11,16H,4-5,7-8H2,1H3;1-2H,(H,5,6)(H,7,8)/b;2-1+/t10-,11-;/m1./s1. The van der Waals surface area contributed by atoms with Crippen molar-refractivity contribution >= 4 is 35.1 Å². The SMILES string of the molecule is COC[C@H]1CNCC[C@@H]1c1ccc(Cl)c(Cl)c1.O=C(O)/C=C/C(=O)O. The molecule has 8 heteroatoms. The van der Waals surface area contributed by atoms with Gasteiger partial charge in [0.15, 0.2) is 0 Å². The molecule has 2 atom stereocenters. The van der Waals surface area contributed by atoms with Crippen molar-refractivity contribution in [1.82, 2.24) is 5.32 Å². The maximum Gasteiger partial charge on any atom is 0.328 e. The van der Waals surface area contributed by atoms with Crippen molar-refractivity contribution in [3.63, 3.8) is 0 Å². The van der Waals surface area contributed by atoms with Crippen LogP contribution in [0.15, 0.2) is 30.4 Å². The molecule has 0 bridgehead atoms. The van der Waals surface area contributed by atoms with E-state index in [0.29, 0.717) is 34.0 Å². The number of hydrogen-bond donors (Lipinski definition) is 3. The van der Waals surface area contributed by atoms with Crippen molar-refractivity contribution in [3.8, 4) is 0 Å². The summed E-state index contributed by atoms with van der Waals surface area (Å²) in [6.07, 6.45) is 2.23. The first-order valence-corrected chi connectivity index (χ1v) is 8.39. The summed E-state index contributed by atoms with van der Waals surface area (Å²) < 4.78 is 5.29. The molecule has 2 rings (SSSR count). The van der Waals surface area contributed by atoms with E-state index in [9.17, 15) is 9.59 Å². The minimum atomic E-state index is -1.26. The van der Waals surface area contributed by atoms with Gasteiger partial charge >= 0.3 is 11.9 Å². The van der Waals surface area contributed by atoms with E-state index in [2.05, 4.69) is 11.4 Å². The molecule has 3 N–H and O–H groups in total. The number of piperidine rings is 1. The Balaban J connectivity index is 0.000000333. The second-order valence-corrected chi connectivity index (χ2v) is 6.31. The van der Waals surface area contributed by atoms with E-state index in [1.807, 2.05) is 12.1 Å². The van der Waals surface area contributed by atoms with Gasteiger partial charge in [0.2, 0.25) is 0 Å². The average Bonchev–Trinajstić information content (AvgIpc) is 2.57. The molecule has 0 radical (unpaired) electrons. The van der Waals surface area contributed by atoms with Crippen LogP contribution in [0.25, 0.3) is 0 Å². The number of hydrogen-bond acceptors (Lipinski definition) is 4. The van der Waals surface area contributed by atoms with Gasteiger partial charge in [-0.1, -0.05) is 29.3 Å². The van der Waals surface area contributed by atoms with Gasteiger partial charge in [-0.3, -0.25) is 0 Å². The highest BCUT2D eigenvalue weighted by molar-refractivity contribution is 6.42. The van der Waals surface area contributed by atoms with E-state index in [0.717, 1.165) is 26.1 Å². The predicted octanol–water partition coefficient (Wildman–Crippen LogP) is 3.04. The first-order chi connectivity index (χ1) is 11.8. The Morgan fingerprint density at radius 1 is 1.24 bits per heavy atom. The summed E-state index contributed by atoms with van der Waals surface area (Å²) in [5.41, 5.74) is 1.27. The number of carboxylic acids is 2.